The summed E-state index contributed by atoms with van der Waals surface area (Å²) < 4.78 is 0. The summed E-state index contributed by atoms with van der Waals surface area (Å²) in [5, 5.41) is 11.7. The molecule has 0 aliphatic heterocycles. The molecule has 0 heterocycles. The van der Waals surface area contributed by atoms with Crippen molar-refractivity contribution in [3.63, 3.8) is 0 Å². The predicted molar refractivity (Wildman–Crippen MR) is 88.0 cm³/mol. The third kappa shape index (κ3) is 2.61. The van der Waals surface area contributed by atoms with Gasteiger partial charge in [0.05, 0.1) is 0 Å². The van der Waals surface area contributed by atoms with E-state index in [1.165, 1.54) is 0 Å². The van der Waals surface area contributed by atoms with E-state index in [1.807, 2.05) is 55.5 Å². The van der Waals surface area contributed by atoms with Crippen molar-refractivity contribution < 1.29 is 5.11 Å². The van der Waals surface area contributed by atoms with E-state index in [4.69, 9.17) is 5.73 Å². The minimum atomic E-state index is -1.02. The molecule has 0 amide bonds. The highest BCUT2D eigenvalue weighted by Crippen LogP contribution is 2.46. The smallest absolute Gasteiger partial charge is 0.102 e. The molecule has 2 rings (SSSR count). The molecule has 0 aromatic heterocycles. The maximum Gasteiger partial charge on any atom is 0.102 e. The zero-order valence-electron chi connectivity index (χ0n) is 13.1. The van der Waals surface area contributed by atoms with Crippen molar-refractivity contribution in [3.05, 3.63) is 71.8 Å². The van der Waals surface area contributed by atoms with Gasteiger partial charge in [-0.1, -0.05) is 81.4 Å². The van der Waals surface area contributed by atoms with Gasteiger partial charge in [-0.25, -0.2) is 0 Å². The van der Waals surface area contributed by atoms with Crippen LogP contribution in [0, 0.1) is 5.92 Å². The molecule has 21 heavy (non-hydrogen) atoms. The average molecular weight is 283 g/mol. The molecule has 0 radical (unpaired) electrons. The van der Waals surface area contributed by atoms with Gasteiger partial charge >= 0.3 is 0 Å². The first kappa shape index (κ1) is 15.7. The molecule has 2 aromatic rings. The van der Waals surface area contributed by atoms with Crippen molar-refractivity contribution in [3.8, 4) is 0 Å². The summed E-state index contributed by atoms with van der Waals surface area (Å²) in [5.74, 6) is -0.0601. The molecule has 2 nitrogen and oxygen atoms in total. The lowest BCUT2D eigenvalue weighted by Gasteiger charge is -2.47. The van der Waals surface area contributed by atoms with E-state index in [1.54, 1.807) is 0 Å². The Hall–Kier alpha value is -1.64. The van der Waals surface area contributed by atoms with E-state index >= 15 is 0 Å². The fraction of sp³-hybridized carbons (Fsp3) is 0.368. The summed E-state index contributed by atoms with van der Waals surface area (Å²) in [6.07, 6.45) is 0. The third-order valence-corrected chi connectivity index (χ3v) is 4.73. The molecule has 2 atom stereocenters. The highest BCUT2D eigenvalue weighted by molar-refractivity contribution is 5.35. The van der Waals surface area contributed by atoms with Gasteiger partial charge in [-0.3, -0.25) is 0 Å². The first-order chi connectivity index (χ1) is 9.94. The number of rotatable bonds is 5. The molecule has 0 saturated heterocycles. The quantitative estimate of drug-likeness (QED) is 0.883. The molecule has 0 aliphatic carbocycles. The van der Waals surface area contributed by atoms with Gasteiger partial charge in [0, 0.05) is 11.3 Å². The standard InChI is InChI=1S/C19H25NO/c1-15(14-20)19(21,17-12-8-5-9-13-17)18(2,3)16-10-6-4-7-11-16/h4-13,15,21H,14,20H2,1-3H3. The predicted octanol–water partition coefficient (Wildman–Crippen LogP) is 3.45. The van der Waals surface area contributed by atoms with E-state index in [2.05, 4.69) is 26.0 Å². The number of benzene rings is 2. The lowest BCUT2D eigenvalue weighted by Crippen LogP contribution is -2.52. The van der Waals surface area contributed by atoms with Crippen LogP contribution in [-0.4, -0.2) is 11.7 Å². The van der Waals surface area contributed by atoms with Crippen molar-refractivity contribution in [2.24, 2.45) is 11.7 Å². The Bertz CT molecular complexity index is 565. The largest absolute Gasteiger partial charge is 0.384 e. The zero-order chi connectivity index (χ0) is 15.5. The molecular formula is C19H25NO. The highest BCUT2D eigenvalue weighted by Gasteiger charge is 2.49. The summed E-state index contributed by atoms with van der Waals surface area (Å²) in [4.78, 5) is 0. The molecule has 2 unspecified atom stereocenters. The van der Waals surface area contributed by atoms with Gasteiger partial charge in [0.15, 0.2) is 0 Å². The summed E-state index contributed by atoms with van der Waals surface area (Å²) in [6.45, 7) is 6.61. The summed E-state index contributed by atoms with van der Waals surface area (Å²) in [5.41, 5.74) is 6.46. The molecule has 0 saturated carbocycles. The minimum Gasteiger partial charge on any atom is -0.384 e. The monoisotopic (exact) mass is 283 g/mol. The van der Waals surface area contributed by atoms with Crippen molar-refractivity contribution in [1.82, 2.24) is 0 Å². The van der Waals surface area contributed by atoms with Gasteiger partial charge in [-0.2, -0.15) is 0 Å². The lowest BCUT2D eigenvalue weighted by molar-refractivity contribution is -0.0755. The Balaban J connectivity index is 2.61. The van der Waals surface area contributed by atoms with Crippen LogP contribution in [0.4, 0.5) is 0 Å². The van der Waals surface area contributed by atoms with Crippen molar-refractivity contribution in [2.75, 3.05) is 6.54 Å². The normalized spacial score (nSPS) is 16.2. The van der Waals surface area contributed by atoms with Crippen LogP contribution in [0.25, 0.3) is 0 Å². The number of nitrogens with two attached hydrogens (primary N) is 1. The first-order valence-electron chi connectivity index (χ1n) is 7.48. The van der Waals surface area contributed by atoms with E-state index in [9.17, 15) is 5.11 Å². The summed E-state index contributed by atoms with van der Waals surface area (Å²) in [6, 6.07) is 20.0. The van der Waals surface area contributed by atoms with Crippen molar-refractivity contribution in [1.29, 1.82) is 0 Å². The summed E-state index contributed by atoms with van der Waals surface area (Å²) >= 11 is 0. The van der Waals surface area contributed by atoms with Gasteiger partial charge < -0.3 is 10.8 Å². The van der Waals surface area contributed by atoms with Crippen molar-refractivity contribution >= 4 is 0 Å². The second-order valence-corrected chi connectivity index (χ2v) is 6.26. The molecule has 0 aliphatic rings. The van der Waals surface area contributed by atoms with Crippen LogP contribution in [0.15, 0.2) is 60.7 Å². The van der Waals surface area contributed by atoms with Crippen LogP contribution in [0.3, 0.4) is 0 Å². The van der Waals surface area contributed by atoms with Crippen LogP contribution in [0.2, 0.25) is 0 Å². The number of hydrogen-bond acceptors (Lipinski definition) is 2. The summed E-state index contributed by atoms with van der Waals surface area (Å²) in [7, 11) is 0. The average Bonchev–Trinajstić information content (AvgIpc) is 2.54. The molecule has 2 aromatic carbocycles. The van der Waals surface area contributed by atoms with Crippen LogP contribution >= 0.6 is 0 Å². The molecule has 0 fully saturated rings. The van der Waals surface area contributed by atoms with Gasteiger partial charge in [0.2, 0.25) is 0 Å². The second-order valence-electron chi connectivity index (χ2n) is 6.26. The van der Waals surface area contributed by atoms with E-state index < -0.39 is 11.0 Å². The molecule has 3 N–H and O–H groups in total. The van der Waals surface area contributed by atoms with Crippen LogP contribution in [0.1, 0.15) is 31.9 Å². The van der Waals surface area contributed by atoms with Crippen LogP contribution in [0.5, 0.6) is 0 Å². The van der Waals surface area contributed by atoms with E-state index in [0.717, 1.165) is 11.1 Å². The SMILES string of the molecule is CC(CN)C(O)(c1ccccc1)C(C)(C)c1ccccc1. The van der Waals surface area contributed by atoms with Gasteiger partial charge in [0.1, 0.15) is 5.60 Å². The first-order valence-corrected chi connectivity index (χ1v) is 7.48. The number of hydrogen-bond donors (Lipinski definition) is 2. The Morgan fingerprint density at radius 2 is 1.33 bits per heavy atom. The van der Waals surface area contributed by atoms with Crippen LogP contribution in [-0.2, 0) is 11.0 Å². The Labute approximate surface area is 127 Å². The Morgan fingerprint density at radius 1 is 0.905 bits per heavy atom. The fourth-order valence-corrected chi connectivity index (χ4v) is 3.20. The van der Waals surface area contributed by atoms with E-state index in [0.29, 0.717) is 6.54 Å². The van der Waals surface area contributed by atoms with Crippen LogP contribution < -0.4 is 5.73 Å². The third-order valence-electron chi connectivity index (χ3n) is 4.73. The lowest BCUT2D eigenvalue weighted by atomic mass is 9.61. The Morgan fingerprint density at radius 3 is 1.76 bits per heavy atom. The fourth-order valence-electron chi connectivity index (χ4n) is 3.20. The maximum atomic E-state index is 11.7. The minimum absolute atomic E-state index is 0.0601. The molecule has 0 bridgehead atoms. The van der Waals surface area contributed by atoms with Crippen molar-refractivity contribution in [2.45, 2.75) is 31.8 Å². The van der Waals surface area contributed by atoms with Gasteiger partial charge in [0.25, 0.3) is 0 Å². The topological polar surface area (TPSA) is 46.2 Å². The number of aliphatic hydroxyl groups is 1. The van der Waals surface area contributed by atoms with E-state index in [-0.39, 0.29) is 5.92 Å². The van der Waals surface area contributed by atoms with Gasteiger partial charge in [-0.05, 0) is 17.7 Å². The second kappa shape index (κ2) is 6.00. The maximum absolute atomic E-state index is 11.7. The molecular weight excluding hydrogens is 258 g/mol. The van der Waals surface area contributed by atoms with Gasteiger partial charge in [-0.15, -0.1) is 0 Å². The molecule has 112 valence electrons. The Kier molecular flexibility index (Phi) is 4.50. The zero-order valence-corrected chi connectivity index (χ0v) is 13.1. The molecule has 0 spiro atoms. The molecule has 2 heteroatoms. The highest BCUT2D eigenvalue weighted by atomic mass is 16.3.